The Morgan fingerprint density at radius 3 is 1.47 bits per heavy atom. The lowest BCUT2D eigenvalue weighted by Gasteiger charge is -2.13. The van der Waals surface area contributed by atoms with Crippen LogP contribution >= 0.6 is 22.7 Å². The highest BCUT2D eigenvalue weighted by Crippen LogP contribution is 2.30. The molecule has 0 spiro atoms. The number of hydrogen-bond donors (Lipinski definition) is 5. The molecule has 0 aliphatic heterocycles. The van der Waals surface area contributed by atoms with Gasteiger partial charge in [-0.15, -0.1) is 22.7 Å². The van der Waals surface area contributed by atoms with Crippen molar-refractivity contribution in [2.75, 3.05) is 23.8 Å². The maximum Gasteiger partial charge on any atom is 0.227 e. The van der Waals surface area contributed by atoms with Crippen LogP contribution in [0.25, 0.3) is 22.5 Å². The van der Waals surface area contributed by atoms with Crippen LogP contribution in [-0.4, -0.2) is 90.5 Å². The second kappa shape index (κ2) is 24.4. The van der Waals surface area contributed by atoms with Gasteiger partial charge in [-0.25, -0.2) is 29.9 Å². The Balaban J connectivity index is 0.000000216. The lowest BCUT2D eigenvalue weighted by Crippen LogP contribution is -2.29. The van der Waals surface area contributed by atoms with Crippen molar-refractivity contribution < 1.29 is 19.8 Å². The molecule has 8 aromatic rings. The molecule has 0 bridgehead atoms. The van der Waals surface area contributed by atoms with Crippen molar-refractivity contribution in [3.05, 3.63) is 140 Å². The van der Waals surface area contributed by atoms with Crippen LogP contribution in [0.15, 0.2) is 98.1 Å². The Morgan fingerprint density at radius 1 is 0.635 bits per heavy atom. The monoisotopic (exact) mass is 1040 g/mol. The molecule has 17 nitrogen and oxygen atoms in total. The molecule has 2 atom stereocenters. The van der Waals surface area contributed by atoms with E-state index < -0.39 is 0 Å². The summed E-state index contributed by atoms with van der Waals surface area (Å²) < 4.78 is 3.46. The fourth-order valence-corrected chi connectivity index (χ4v) is 9.54. The van der Waals surface area contributed by atoms with Gasteiger partial charge in [0.2, 0.25) is 11.9 Å². The van der Waals surface area contributed by atoms with Crippen molar-refractivity contribution in [2.45, 2.75) is 118 Å². The van der Waals surface area contributed by atoms with Gasteiger partial charge in [0.15, 0.2) is 11.6 Å². The van der Waals surface area contributed by atoms with E-state index in [0.717, 1.165) is 75.9 Å². The van der Waals surface area contributed by atoms with Crippen LogP contribution in [0.5, 0.6) is 0 Å². The Hall–Kier alpha value is -6.90. The number of ketones is 2. The van der Waals surface area contributed by atoms with Gasteiger partial charge in [0.05, 0.1) is 68.1 Å². The topological polar surface area (TPSA) is 238 Å². The average Bonchev–Trinajstić information content (AvgIpc) is 4.22. The molecule has 0 aliphatic carbocycles. The number of Topliss-reactive ketones (excluding diaryl/α,β-unsaturated/α-hetero) is 2. The molecule has 8 rings (SSSR count). The normalized spacial score (nSPS) is 12.5. The predicted molar refractivity (Wildman–Crippen MR) is 294 cm³/mol. The number of nitrogens with two attached hydrogens (primary N) is 1. The lowest BCUT2D eigenvalue weighted by molar-refractivity contribution is 0.0978. The van der Waals surface area contributed by atoms with Crippen LogP contribution in [0.1, 0.15) is 113 Å². The molecule has 388 valence electrons. The first-order valence-corrected chi connectivity index (χ1v) is 26.3. The van der Waals surface area contributed by atoms with Crippen LogP contribution in [0.2, 0.25) is 0 Å². The Kier molecular flexibility index (Phi) is 18.1. The minimum absolute atomic E-state index is 0.0486. The van der Waals surface area contributed by atoms with Crippen molar-refractivity contribution >= 4 is 57.5 Å². The summed E-state index contributed by atoms with van der Waals surface area (Å²) in [6, 6.07) is 15.8. The first kappa shape index (κ1) is 54.9. The molecule has 19 heteroatoms. The highest BCUT2D eigenvalue weighted by Gasteiger charge is 2.22. The van der Waals surface area contributed by atoms with Gasteiger partial charge >= 0.3 is 0 Å². The lowest BCUT2D eigenvalue weighted by atomic mass is 9.98. The fourth-order valence-electron chi connectivity index (χ4n) is 7.66. The van der Waals surface area contributed by atoms with E-state index in [1.165, 1.54) is 22.7 Å². The van der Waals surface area contributed by atoms with E-state index in [-0.39, 0.29) is 47.6 Å². The van der Waals surface area contributed by atoms with Crippen molar-refractivity contribution in [3.63, 3.8) is 0 Å². The quantitative estimate of drug-likeness (QED) is 0.0447. The highest BCUT2D eigenvalue weighted by molar-refractivity contribution is 7.14. The largest absolute Gasteiger partial charge is 0.396 e. The Labute approximate surface area is 440 Å². The minimum Gasteiger partial charge on any atom is -0.396 e. The number of carbonyl (C=O) groups excluding carboxylic acids is 2. The molecule has 0 radical (unpaired) electrons. The molecule has 6 N–H and O–H groups in total. The third-order valence-electron chi connectivity index (χ3n) is 11.9. The first-order valence-electron chi connectivity index (χ1n) is 24.7. The summed E-state index contributed by atoms with van der Waals surface area (Å²) >= 11 is 2.99. The number of anilines is 4. The van der Waals surface area contributed by atoms with Crippen molar-refractivity contribution in [2.24, 2.45) is 11.7 Å². The number of thiazole rings is 2. The van der Waals surface area contributed by atoms with Gasteiger partial charge in [-0.2, -0.15) is 10.2 Å². The van der Waals surface area contributed by atoms with Crippen LogP contribution in [0.4, 0.5) is 23.3 Å². The van der Waals surface area contributed by atoms with E-state index in [0.29, 0.717) is 50.7 Å². The molecule has 0 fully saturated rings. The molecule has 2 aromatic carbocycles. The number of carbonyl (C=O) groups is 2. The van der Waals surface area contributed by atoms with Crippen molar-refractivity contribution in [1.29, 1.82) is 0 Å². The zero-order chi connectivity index (χ0) is 53.2. The zero-order valence-corrected chi connectivity index (χ0v) is 45.3. The second-order valence-corrected chi connectivity index (χ2v) is 22.7. The third kappa shape index (κ3) is 15.1. The van der Waals surface area contributed by atoms with Gasteiger partial charge in [-0.3, -0.25) is 19.0 Å². The van der Waals surface area contributed by atoms with Gasteiger partial charge in [-0.1, -0.05) is 72.7 Å². The van der Waals surface area contributed by atoms with Gasteiger partial charge in [-0.05, 0) is 79.1 Å². The average molecular weight is 1040 g/mol. The number of aromatic nitrogens is 10. The van der Waals surface area contributed by atoms with Crippen LogP contribution in [0, 0.1) is 19.8 Å². The third-order valence-corrected chi connectivity index (χ3v) is 14.8. The molecule has 0 saturated heterocycles. The maximum absolute atomic E-state index is 12.7. The molecule has 74 heavy (non-hydrogen) atoms. The standard InChI is InChI=1S/C28H34N6O2S.C27H33N7O2S/c1-18(17-35)15-34-16-22(13-31-34)32-27-29-11-10-23(33-27)21-7-6-20(19(2)12-21)8-9-24(36)25-14-30-26(37-25)28(3,4)5;1-17-11-19(6-5-18(17)7-8-23(36)24-13-30-25(37-24)27(2,3)4)22-9-10-29-26(33-22)32-21-12-31-34(15-21)14-20(28)16-35/h6-7,10-14,16,18,35H,8-9,15,17H2,1-5H3,(H,29,32,33);5-6,9-13,15,20,35H,7-8,14,16,28H2,1-4H3,(H,29,32,33)/t18-;20-/m00/s1. The number of nitrogens with zero attached hydrogens (tertiary/aromatic N) is 10. The van der Waals surface area contributed by atoms with Crippen molar-refractivity contribution in [3.8, 4) is 22.5 Å². The van der Waals surface area contributed by atoms with Crippen LogP contribution in [0.3, 0.4) is 0 Å². The first-order chi connectivity index (χ1) is 35.2. The summed E-state index contributed by atoms with van der Waals surface area (Å²) in [5.41, 5.74) is 15.3. The smallest absolute Gasteiger partial charge is 0.227 e. The summed E-state index contributed by atoms with van der Waals surface area (Å²) in [4.78, 5) is 53.8. The van der Waals surface area contributed by atoms with E-state index in [1.54, 1.807) is 52.7 Å². The summed E-state index contributed by atoms with van der Waals surface area (Å²) in [7, 11) is 0. The molecule has 6 aromatic heterocycles. The number of benzene rings is 2. The molecule has 0 amide bonds. The maximum atomic E-state index is 12.7. The highest BCUT2D eigenvalue weighted by atomic mass is 32.1. The van der Waals surface area contributed by atoms with Crippen molar-refractivity contribution in [1.82, 2.24) is 49.5 Å². The number of hydrogen-bond acceptors (Lipinski definition) is 17. The summed E-state index contributed by atoms with van der Waals surface area (Å²) in [5.74, 6) is 1.33. The minimum atomic E-state index is -0.370. The summed E-state index contributed by atoms with van der Waals surface area (Å²) in [6.07, 6.45) is 16.2. The summed E-state index contributed by atoms with van der Waals surface area (Å²) in [5, 5.41) is 35.3. The zero-order valence-electron chi connectivity index (χ0n) is 43.6. The molecule has 0 saturated carbocycles. The Morgan fingerprint density at radius 2 is 1.08 bits per heavy atom. The number of aliphatic hydroxyl groups is 2. The molecular formula is C55H67N13O4S2. The van der Waals surface area contributed by atoms with Gasteiger partial charge in [0, 0.05) is 91.2 Å². The molecule has 6 heterocycles. The predicted octanol–water partition coefficient (Wildman–Crippen LogP) is 9.87. The van der Waals surface area contributed by atoms with Gasteiger partial charge < -0.3 is 26.6 Å². The fraction of sp³-hybridized carbons (Fsp3) is 0.382. The van der Waals surface area contributed by atoms with E-state index in [9.17, 15) is 14.7 Å². The Bertz CT molecular complexity index is 2950. The van der Waals surface area contributed by atoms with E-state index in [4.69, 9.17) is 10.8 Å². The molecule has 0 unspecified atom stereocenters. The van der Waals surface area contributed by atoms with Crippen LogP contribution < -0.4 is 16.4 Å². The van der Waals surface area contributed by atoms with Gasteiger partial charge in [0.25, 0.3) is 0 Å². The molecule has 0 aliphatic rings. The number of nitrogens with one attached hydrogen (secondary N) is 2. The van der Waals surface area contributed by atoms with E-state index >= 15 is 0 Å². The number of aryl methyl sites for hydroxylation is 4. The van der Waals surface area contributed by atoms with E-state index in [1.807, 2.05) is 37.4 Å². The van der Waals surface area contributed by atoms with Gasteiger partial charge in [0.1, 0.15) is 0 Å². The van der Waals surface area contributed by atoms with E-state index in [2.05, 4.69) is 130 Å². The molecular weight excluding hydrogens is 971 g/mol. The van der Waals surface area contributed by atoms with Crippen LogP contribution in [-0.2, 0) is 36.8 Å². The SMILES string of the molecule is Cc1cc(-c2ccnc(Nc3cnn(C[C@H](C)CO)c3)n2)ccc1CCC(=O)c1cnc(C(C)(C)C)s1.Cc1cc(-c2ccnc(Nc3cnn(C[C@H](N)CO)c3)n2)ccc1CCC(=O)c1cnc(C(C)(C)C)s1. The number of aliphatic hydroxyl groups excluding tert-OH is 2. The second-order valence-electron chi connectivity index (χ2n) is 20.6. The summed E-state index contributed by atoms with van der Waals surface area (Å²) in [6.45, 7) is 19.8. The number of rotatable bonds is 20.